The quantitative estimate of drug-likeness (QED) is 0.421. The lowest BCUT2D eigenvalue weighted by atomic mass is 10.2. The fourth-order valence-electron chi connectivity index (χ4n) is 3.48. The molecule has 0 spiro atoms. The summed E-state index contributed by atoms with van der Waals surface area (Å²) in [5.74, 6) is 0.434. The monoisotopic (exact) mass is 517 g/mol. The van der Waals surface area contributed by atoms with Crippen LogP contribution in [-0.2, 0) is 4.79 Å². The van der Waals surface area contributed by atoms with Crippen molar-refractivity contribution >= 4 is 46.2 Å². The number of thiazole rings is 1. The number of rotatable bonds is 6. The van der Waals surface area contributed by atoms with Crippen LogP contribution < -0.4 is 29.5 Å². The average Bonchev–Trinajstić information content (AvgIpc) is 3.21. The second kappa shape index (κ2) is 11.0. The van der Waals surface area contributed by atoms with Gasteiger partial charge in [0.05, 0.1) is 24.4 Å². The van der Waals surface area contributed by atoms with Crippen molar-refractivity contribution < 1.29 is 14.3 Å². The van der Waals surface area contributed by atoms with Gasteiger partial charge in [-0.05, 0) is 60.2 Å². The number of nitrogens with zero attached hydrogens (tertiary/aromatic N) is 2. The Balaban J connectivity index is 1.93. The van der Waals surface area contributed by atoms with Gasteiger partial charge in [-0.15, -0.1) is 11.3 Å². The van der Waals surface area contributed by atoms with Crippen LogP contribution in [0.5, 0.6) is 11.5 Å². The number of hydrogen-bond acceptors (Lipinski definition) is 6. The minimum absolute atomic E-state index is 0.192. The zero-order valence-corrected chi connectivity index (χ0v) is 20.9. The summed E-state index contributed by atoms with van der Waals surface area (Å²) in [6, 6.07) is 22.6. The Morgan fingerprint density at radius 3 is 2.36 bits per heavy atom. The van der Waals surface area contributed by atoms with Gasteiger partial charge in [0.25, 0.3) is 11.5 Å². The van der Waals surface area contributed by atoms with E-state index in [9.17, 15) is 14.9 Å². The van der Waals surface area contributed by atoms with Crippen molar-refractivity contribution in [3.63, 3.8) is 0 Å². The Kier molecular flexibility index (Phi) is 7.54. The summed E-state index contributed by atoms with van der Waals surface area (Å²) in [5, 5.41) is 13.2. The number of amides is 1. The third-order valence-electron chi connectivity index (χ3n) is 5.20. The lowest BCUT2D eigenvalue weighted by Gasteiger charge is -2.07. The molecule has 3 aromatic carbocycles. The molecule has 1 aromatic heterocycles. The largest absolute Gasteiger partial charge is 0.493 e. The van der Waals surface area contributed by atoms with E-state index < -0.39 is 5.91 Å². The minimum Gasteiger partial charge on any atom is -0.493 e. The van der Waals surface area contributed by atoms with Crippen molar-refractivity contribution in [2.24, 2.45) is 0 Å². The number of aromatic nitrogens is 1. The summed E-state index contributed by atoms with van der Waals surface area (Å²) in [5.41, 5.74) is 1.15. The molecule has 0 bridgehead atoms. The summed E-state index contributed by atoms with van der Waals surface area (Å²) in [7, 11) is 3.07. The second-order valence-electron chi connectivity index (χ2n) is 7.45. The first kappa shape index (κ1) is 24.8. The van der Waals surface area contributed by atoms with E-state index in [1.165, 1.54) is 11.7 Å². The van der Waals surface area contributed by atoms with Crippen LogP contribution in [0, 0.1) is 11.3 Å². The molecule has 36 heavy (non-hydrogen) atoms. The minimum atomic E-state index is -0.636. The van der Waals surface area contributed by atoms with Crippen LogP contribution in [-0.4, -0.2) is 24.7 Å². The predicted octanol–water partition coefficient (Wildman–Crippen LogP) is 3.71. The van der Waals surface area contributed by atoms with Crippen LogP contribution in [0.2, 0.25) is 5.02 Å². The molecule has 0 aliphatic heterocycles. The normalized spacial score (nSPS) is 12.0. The third kappa shape index (κ3) is 5.18. The van der Waals surface area contributed by atoms with E-state index in [0.717, 1.165) is 11.3 Å². The van der Waals surface area contributed by atoms with E-state index in [1.807, 2.05) is 12.1 Å². The highest BCUT2D eigenvalue weighted by molar-refractivity contribution is 7.07. The first-order chi connectivity index (χ1) is 17.4. The molecule has 0 radical (unpaired) electrons. The van der Waals surface area contributed by atoms with Gasteiger partial charge in [0.15, 0.2) is 17.1 Å². The molecule has 9 heteroatoms. The summed E-state index contributed by atoms with van der Waals surface area (Å²) in [6.45, 7) is 0. The molecule has 1 heterocycles. The van der Waals surface area contributed by atoms with E-state index in [1.54, 1.807) is 79.9 Å². The molecule has 4 aromatic rings. The maximum Gasteiger partial charge on any atom is 0.273 e. The zero-order chi connectivity index (χ0) is 25.7. The van der Waals surface area contributed by atoms with Crippen molar-refractivity contribution in [2.45, 2.75) is 0 Å². The Bertz CT molecular complexity index is 1640. The fraction of sp³-hybridized carbons (Fsp3) is 0.0741. The number of carbonyl (C=O) groups excluding carboxylic acids is 1. The zero-order valence-electron chi connectivity index (χ0n) is 19.3. The standard InChI is InChI=1S/C27H20ClN3O4S/c1-34-22-13-8-17(14-23(22)35-2)15-24-26(33)31(20-6-4-3-5-7-20)27(36-24)21(16-29)25(32)30-19-11-9-18(28)10-12-19/h3-15H,1-2H3,(H,30,32)/b24-15+,27-21+. The number of nitrogens with one attached hydrogen (secondary N) is 1. The van der Waals surface area contributed by atoms with Crippen LogP contribution in [0.15, 0.2) is 77.6 Å². The van der Waals surface area contributed by atoms with E-state index in [0.29, 0.717) is 38.0 Å². The maximum atomic E-state index is 13.5. The highest BCUT2D eigenvalue weighted by Gasteiger charge is 2.17. The molecule has 4 rings (SSSR count). The average molecular weight is 518 g/mol. The molecule has 1 N–H and O–H groups in total. The summed E-state index contributed by atoms with van der Waals surface area (Å²) >= 11 is 6.97. The lowest BCUT2D eigenvalue weighted by Crippen LogP contribution is -2.32. The van der Waals surface area contributed by atoms with Gasteiger partial charge in [-0.1, -0.05) is 35.9 Å². The maximum absolute atomic E-state index is 13.5. The molecular weight excluding hydrogens is 498 g/mol. The number of carbonyl (C=O) groups is 1. The van der Waals surface area contributed by atoms with Crippen molar-refractivity contribution in [3.8, 4) is 23.3 Å². The predicted molar refractivity (Wildman–Crippen MR) is 141 cm³/mol. The van der Waals surface area contributed by atoms with Gasteiger partial charge in [-0.25, -0.2) is 0 Å². The molecule has 0 saturated heterocycles. The van der Waals surface area contributed by atoms with E-state index in [2.05, 4.69) is 5.32 Å². The van der Waals surface area contributed by atoms with Crippen molar-refractivity contribution in [3.05, 3.63) is 103 Å². The van der Waals surface area contributed by atoms with E-state index in [4.69, 9.17) is 21.1 Å². The number of halogens is 1. The van der Waals surface area contributed by atoms with Crippen molar-refractivity contribution in [2.75, 3.05) is 19.5 Å². The van der Waals surface area contributed by atoms with Gasteiger partial charge in [-0.2, -0.15) is 5.26 Å². The molecule has 0 atom stereocenters. The number of methoxy groups -OCH3 is 2. The van der Waals surface area contributed by atoms with E-state index in [-0.39, 0.29) is 15.8 Å². The molecule has 1 amide bonds. The molecule has 7 nitrogen and oxygen atoms in total. The summed E-state index contributed by atoms with van der Waals surface area (Å²) in [4.78, 5) is 26.6. The van der Waals surface area contributed by atoms with Crippen LogP contribution in [0.1, 0.15) is 5.56 Å². The number of nitriles is 1. The number of anilines is 1. The smallest absolute Gasteiger partial charge is 0.273 e. The van der Waals surface area contributed by atoms with Crippen molar-refractivity contribution in [1.29, 1.82) is 5.26 Å². The van der Waals surface area contributed by atoms with Gasteiger partial charge in [0.1, 0.15) is 10.7 Å². The number of hydrogen-bond donors (Lipinski definition) is 1. The first-order valence-corrected chi connectivity index (χ1v) is 11.9. The molecule has 0 fully saturated rings. The highest BCUT2D eigenvalue weighted by Crippen LogP contribution is 2.27. The third-order valence-corrected chi connectivity index (χ3v) is 6.54. The Labute approximate surface area is 215 Å². The second-order valence-corrected chi connectivity index (χ2v) is 8.92. The fourth-order valence-corrected chi connectivity index (χ4v) is 4.71. The number of para-hydroxylation sites is 1. The lowest BCUT2D eigenvalue weighted by molar-refractivity contribution is -0.111. The van der Waals surface area contributed by atoms with Gasteiger partial charge in [0.2, 0.25) is 0 Å². The summed E-state index contributed by atoms with van der Waals surface area (Å²) < 4.78 is 12.6. The van der Waals surface area contributed by atoms with Gasteiger partial charge >= 0.3 is 0 Å². The van der Waals surface area contributed by atoms with Crippen molar-refractivity contribution in [1.82, 2.24) is 4.57 Å². The molecule has 0 unspecified atom stereocenters. The molecule has 0 saturated carbocycles. The molecule has 0 aliphatic rings. The molecular formula is C27H20ClN3O4S. The van der Waals surface area contributed by atoms with Crippen LogP contribution in [0.3, 0.4) is 0 Å². The molecule has 0 aliphatic carbocycles. The molecule has 180 valence electrons. The summed E-state index contributed by atoms with van der Waals surface area (Å²) in [6.07, 6.45) is 1.68. The Hall–Kier alpha value is -4.32. The highest BCUT2D eigenvalue weighted by atomic mass is 35.5. The van der Waals surface area contributed by atoms with Crippen LogP contribution in [0.25, 0.3) is 17.3 Å². The van der Waals surface area contributed by atoms with Crippen LogP contribution >= 0.6 is 22.9 Å². The number of ether oxygens (including phenoxy) is 2. The van der Waals surface area contributed by atoms with Gasteiger partial charge < -0.3 is 14.8 Å². The van der Waals surface area contributed by atoms with Crippen LogP contribution in [0.4, 0.5) is 5.69 Å². The SMILES string of the molecule is COc1ccc(/C=c2/s/c(=C(\C#N)C(=O)Nc3ccc(Cl)cc3)n(-c3ccccc3)c2=O)cc1OC. The van der Waals surface area contributed by atoms with E-state index >= 15 is 0 Å². The Morgan fingerprint density at radius 1 is 1.03 bits per heavy atom. The van der Waals surface area contributed by atoms with Gasteiger partial charge in [-0.3, -0.25) is 14.2 Å². The van der Waals surface area contributed by atoms with Gasteiger partial charge in [0, 0.05) is 10.7 Å². The number of benzene rings is 3. The topological polar surface area (TPSA) is 93.4 Å². The Morgan fingerprint density at radius 2 is 1.72 bits per heavy atom. The first-order valence-electron chi connectivity index (χ1n) is 10.7.